The topological polar surface area (TPSA) is 51.2 Å². The summed E-state index contributed by atoms with van der Waals surface area (Å²) in [6.45, 7) is 3.66. The largest absolute Gasteiger partial charge is 0.300 e. The molecule has 1 rings (SSSR count). The van der Waals surface area contributed by atoms with Crippen LogP contribution < -0.4 is 0 Å². The van der Waals surface area contributed by atoms with Crippen molar-refractivity contribution in [1.29, 1.82) is 0 Å². The van der Waals surface area contributed by atoms with Gasteiger partial charge in [-0.1, -0.05) is 36.8 Å². The average Bonchev–Trinajstić information content (AvgIpc) is 2.38. The Balaban J connectivity index is 2.27. The summed E-state index contributed by atoms with van der Waals surface area (Å²) < 4.78 is 22.6. The Morgan fingerprint density at radius 3 is 2.32 bits per heavy atom. The maximum absolute atomic E-state index is 11.7. The number of benzene rings is 1. The molecular formula is C15H22O3S. The molecule has 0 bridgehead atoms. The fraction of sp³-hybridized carbons (Fsp3) is 0.533. The number of hydrogen-bond donors (Lipinski definition) is 0. The molecule has 3 nitrogen and oxygen atoms in total. The third-order valence-corrected chi connectivity index (χ3v) is 4.95. The molecule has 0 heterocycles. The SMILES string of the molecule is CCS(=O)(=O)CCCC(=O)CCc1ccc(C)cc1. The Bertz CT molecular complexity index is 501. The fourth-order valence-electron chi connectivity index (χ4n) is 1.80. The van der Waals surface area contributed by atoms with Crippen molar-refractivity contribution >= 4 is 15.6 Å². The molecule has 0 aliphatic rings. The van der Waals surface area contributed by atoms with E-state index in [0.717, 1.165) is 12.0 Å². The quantitative estimate of drug-likeness (QED) is 0.736. The lowest BCUT2D eigenvalue weighted by molar-refractivity contribution is -0.119. The first kappa shape index (κ1) is 15.9. The number of rotatable bonds is 8. The van der Waals surface area contributed by atoms with Gasteiger partial charge in [0.05, 0.1) is 5.75 Å². The van der Waals surface area contributed by atoms with Gasteiger partial charge in [-0.3, -0.25) is 4.79 Å². The lowest BCUT2D eigenvalue weighted by Crippen LogP contribution is -2.10. The van der Waals surface area contributed by atoms with Gasteiger partial charge in [0.25, 0.3) is 0 Å². The van der Waals surface area contributed by atoms with Gasteiger partial charge in [0.2, 0.25) is 0 Å². The van der Waals surface area contributed by atoms with Crippen LogP contribution in [0.1, 0.15) is 37.3 Å². The van der Waals surface area contributed by atoms with Crippen LogP contribution in [0.3, 0.4) is 0 Å². The molecule has 0 radical (unpaired) electrons. The summed E-state index contributed by atoms with van der Waals surface area (Å²) >= 11 is 0. The van der Waals surface area contributed by atoms with Gasteiger partial charge in [-0.25, -0.2) is 8.42 Å². The van der Waals surface area contributed by atoms with Crippen molar-refractivity contribution in [3.05, 3.63) is 35.4 Å². The molecule has 0 aliphatic heterocycles. The minimum Gasteiger partial charge on any atom is -0.300 e. The van der Waals surface area contributed by atoms with E-state index in [1.54, 1.807) is 6.92 Å². The highest BCUT2D eigenvalue weighted by molar-refractivity contribution is 7.91. The number of carbonyl (C=O) groups excluding carboxylic acids is 1. The van der Waals surface area contributed by atoms with Gasteiger partial charge in [0.15, 0.2) is 0 Å². The molecule has 4 heteroatoms. The normalized spacial score (nSPS) is 11.5. The third kappa shape index (κ3) is 6.53. The van der Waals surface area contributed by atoms with Crippen LogP contribution in [0.2, 0.25) is 0 Å². The van der Waals surface area contributed by atoms with Gasteiger partial charge in [0, 0.05) is 18.6 Å². The highest BCUT2D eigenvalue weighted by Gasteiger charge is 2.09. The molecule has 0 atom stereocenters. The van der Waals surface area contributed by atoms with E-state index < -0.39 is 9.84 Å². The van der Waals surface area contributed by atoms with E-state index in [1.165, 1.54) is 5.56 Å². The number of carbonyl (C=O) groups is 1. The number of Topliss-reactive ketones (excluding diaryl/α,β-unsaturated/α-hetero) is 1. The summed E-state index contributed by atoms with van der Waals surface area (Å²) in [6.07, 6.45) is 2.04. The van der Waals surface area contributed by atoms with Gasteiger partial charge in [0.1, 0.15) is 15.6 Å². The second kappa shape index (κ2) is 7.43. The highest BCUT2D eigenvalue weighted by Crippen LogP contribution is 2.08. The van der Waals surface area contributed by atoms with E-state index in [1.807, 2.05) is 31.2 Å². The molecule has 0 aliphatic carbocycles. The van der Waals surface area contributed by atoms with Crippen molar-refractivity contribution in [3.63, 3.8) is 0 Å². The monoisotopic (exact) mass is 282 g/mol. The summed E-state index contributed by atoms with van der Waals surface area (Å²) in [5.41, 5.74) is 2.36. The first-order chi connectivity index (χ1) is 8.93. The van der Waals surface area contributed by atoms with Crippen molar-refractivity contribution in [2.75, 3.05) is 11.5 Å². The molecule has 0 fully saturated rings. The smallest absolute Gasteiger partial charge is 0.150 e. The molecule has 106 valence electrons. The van der Waals surface area contributed by atoms with E-state index >= 15 is 0 Å². The molecule has 0 unspecified atom stereocenters. The number of sulfone groups is 1. The van der Waals surface area contributed by atoms with Gasteiger partial charge < -0.3 is 0 Å². The van der Waals surface area contributed by atoms with Crippen molar-refractivity contribution in [2.45, 2.75) is 39.5 Å². The van der Waals surface area contributed by atoms with Crippen LogP contribution in [0.15, 0.2) is 24.3 Å². The summed E-state index contributed by atoms with van der Waals surface area (Å²) in [5.74, 6) is 0.427. The Hall–Kier alpha value is -1.16. The van der Waals surface area contributed by atoms with Gasteiger partial charge >= 0.3 is 0 Å². The van der Waals surface area contributed by atoms with Crippen LogP contribution in [0, 0.1) is 6.92 Å². The van der Waals surface area contributed by atoms with E-state index in [-0.39, 0.29) is 17.3 Å². The average molecular weight is 282 g/mol. The second-order valence-corrected chi connectivity index (χ2v) is 7.34. The zero-order valence-corrected chi connectivity index (χ0v) is 12.5. The van der Waals surface area contributed by atoms with Crippen LogP contribution >= 0.6 is 0 Å². The molecule has 0 spiro atoms. The van der Waals surface area contributed by atoms with Crippen LogP contribution in [0.5, 0.6) is 0 Å². The van der Waals surface area contributed by atoms with Crippen molar-refractivity contribution in [2.24, 2.45) is 0 Å². The molecule has 1 aromatic rings. The van der Waals surface area contributed by atoms with Crippen LogP contribution in [0.25, 0.3) is 0 Å². The Labute approximate surface area is 116 Å². The predicted molar refractivity (Wildman–Crippen MR) is 78.1 cm³/mol. The van der Waals surface area contributed by atoms with E-state index in [4.69, 9.17) is 0 Å². The first-order valence-corrected chi connectivity index (χ1v) is 8.53. The van der Waals surface area contributed by atoms with E-state index in [0.29, 0.717) is 19.3 Å². The molecular weight excluding hydrogens is 260 g/mol. The lowest BCUT2D eigenvalue weighted by Gasteiger charge is -2.03. The number of aryl methyl sites for hydroxylation is 2. The molecule has 0 saturated heterocycles. The Morgan fingerprint density at radius 2 is 1.74 bits per heavy atom. The third-order valence-electron chi connectivity index (χ3n) is 3.16. The maximum Gasteiger partial charge on any atom is 0.150 e. The van der Waals surface area contributed by atoms with E-state index in [9.17, 15) is 13.2 Å². The Morgan fingerprint density at radius 1 is 1.11 bits per heavy atom. The molecule has 0 saturated carbocycles. The van der Waals surface area contributed by atoms with Crippen LogP contribution in [-0.4, -0.2) is 25.7 Å². The second-order valence-electron chi connectivity index (χ2n) is 4.86. The van der Waals surface area contributed by atoms with Gasteiger partial charge in [-0.15, -0.1) is 0 Å². The van der Waals surface area contributed by atoms with Crippen molar-refractivity contribution in [1.82, 2.24) is 0 Å². The highest BCUT2D eigenvalue weighted by atomic mass is 32.2. The van der Waals surface area contributed by atoms with Crippen molar-refractivity contribution < 1.29 is 13.2 Å². The summed E-state index contributed by atoms with van der Waals surface area (Å²) in [7, 11) is -2.94. The maximum atomic E-state index is 11.7. The molecule has 19 heavy (non-hydrogen) atoms. The zero-order chi connectivity index (χ0) is 14.3. The van der Waals surface area contributed by atoms with E-state index in [2.05, 4.69) is 0 Å². The minimum atomic E-state index is -2.94. The minimum absolute atomic E-state index is 0.125. The van der Waals surface area contributed by atoms with Crippen LogP contribution in [0.4, 0.5) is 0 Å². The summed E-state index contributed by atoms with van der Waals surface area (Å²) in [5, 5.41) is 0. The molecule has 0 N–H and O–H groups in total. The number of hydrogen-bond acceptors (Lipinski definition) is 3. The molecule has 1 aromatic carbocycles. The zero-order valence-electron chi connectivity index (χ0n) is 11.7. The van der Waals surface area contributed by atoms with Crippen LogP contribution in [-0.2, 0) is 21.1 Å². The van der Waals surface area contributed by atoms with Gasteiger partial charge in [-0.2, -0.15) is 0 Å². The molecule has 0 aromatic heterocycles. The summed E-state index contributed by atoms with van der Waals surface area (Å²) in [4.78, 5) is 11.7. The standard InChI is InChI=1S/C15H22O3S/c1-3-19(17,18)12-4-5-15(16)11-10-14-8-6-13(2)7-9-14/h6-9H,3-5,10-12H2,1-2H3. The van der Waals surface area contributed by atoms with Gasteiger partial charge in [-0.05, 0) is 25.3 Å². The Kier molecular flexibility index (Phi) is 6.22. The first-order valence-electron chi connectivity index (χ1n) is 6.70. The van der Waals surface area contributed by atoms with Crippen molar-refractivity contribution in [3.8, 4) is 0 Å². The lowest BCUT2D eigenvalue weighted by atomic mass is 10.0. The predicted octanol–water partition coefficient (Wildman–Crippen LogP) is 2.71. The summed E-state index contributed by atoms with van der Waals surface area (Å²) in [6, 6.07) is 8.13. The fourth-order valence-corrected chi connectivity index (χ4v) is 2.67. The number of ketones is 1. The molecule has 0 amide bonds.